The van der Waals surface area contributed by atoms with Crippen molar-refractivity contribution >= 4 is 21.6 Å². The quantitative estimate of drug-likeness (QED) is 0.754. The van der Waals surface area contributed by atoms with Gasteiger partial charge in [0.15, 0.2) is 6.04 Å². The Bertz CT molecular complexity index is 952. The van der Waals surface area contributed by atoms with Crippen molar-refractivity contribution < 1.29 is 18.1 Å². The standard InChI is InChI=1S/C20H28N4O3S/c1-15(24-13-7-11-19(24)18-10-6-12-23(18)4)20(25)21-16-8-5-9-17(14-16)28(26,27)22(2)3/h5-6,8-10,12,14-15,19H,7,11,13H2,1-4H3,(H,21,25)/p+1/t15-,19+/m0/s1. The minimum atomic E-state index is -3.54. The van der Waals surface area contributed by atoms with Crippen LogP contribution in [-0.2, 0) is 21.9 Å². The number of benzene rings is 1. The molecule has 1 unspecified atom stereocenters. The second kappa shape index (κ2) is 8.06. The van der Waals surface area contributed by atoms with E-state index in [0.717, 1.165) is 23.7 Å². The van der Waals surface area contributed by atoms with E-state index in [1.165, 1.54) is 36.8 Å². The van der Waals surface area contributed by atoms with Crippen LogP contribution in [0.3, 0.4) is 0 Å². The molecule has 0 aliphatic carbocycles. The first-order valence-corrected chi connectivity index (χ1v) is 11.0. The Morgan fingerprint density at radius 1 is 1.29 bits per heavy atom. The Morgan fingerprint density at radius 3 is 2.68 bits per heavy atom. The number of nitrogens with one attached hydrogen (secondary N) is 2. The summed E-state index contributed by atoms with van der Waals surface area (Å²) < 4.78 is 27.9. The van der Waals surface area contributed by atoms with E-state index in [9.17, 15) is 13.2 Å². The van der Waals surface area contributed by atoms with Crippen molar-refractivity contribution in [3.05, 3.63) is 48.3 Å². The van der Waals surface area contributed by atoms with Gasteiger partial charge in [-0.15, -0.1) is 0 Å². The number of anilines is 1. The maximum absolute atomic E-state index is 12.9. The number of rotatable bonds is 6. The van der Waals surface area contributed by atoms with E-state index in [2.05, 4.69) is 16.0 Å². The van der Waals surface area contributed by atoms with Crippen LogP contribution in [0.4, 0.5) is 5.69 Å². The second-order valence-electron chi connectivity index (χ2n) is 7.59. The normalized spacial score (nSPS) is 21.0. The summed E-state index contributed by atoms with van der Waals surface area (Å²) in [5.41, 5.74) is 1.74. The molecule has 8 heteroatoms. The number of carbonyl (C=O) groups excluding carboxylic acids is 1. The molecule has 7 nitrogen and oxygen atoms in total. The van der Waals surface area contributed by atoms with Crippen LogP contribution in [0.5, 0.6) is 0 Å². The minimum Gasteiger partial charge on any atom is -0.350 e. The smallest absolute Gasteiger partial charge is 0.282 e. The van der Waals surface area contributed by atoms with E-state index in [0.29, 0.717) is 11.7 Å². The lowest BCUT2D eigenvalue weighted by Crippen LogP contribution is -3.15. The topological polar surface area (TPSA) is 75.8 Å². The maximum atomic E-state index is 12.9. The molecule has 1 aliphatic rings. The molecule has 0 saturated carbocycles. The lowest BCUT2D eigenvalue weighted by Gasteiger charge is -2.27. The van der Waals surface area contributed by atoms with E-state index in [4.69, 9.17) is 0 Å². The molecule has 1 fully saturated rings. The maximum Gasteiger partial charge on any atom is 0.282 e. The van der Waals surface area contributed by atoms with Gasteiger partial charge in [0, 0.05) is 45.9 Å². The SMILES string of the molecule is C[C@@H](C(=O)Nc1cccc(S(=O)(=O)N(C)C)c1)[NH+]1CCC[C@@H]1c1cccn1C. The molecular formula is C20H29N4O3S+. The first-order chi connectivity index (χ1) is 13.2. The second-order valence-corrected chi connectivity index (χ2v) is 9.74. The number of sulfonamides is 1. The van der Waals surface area contributed by atoms with Crippen LogP contribution in [0.2, 0.25) is 0 Å². The third-order valence-electron chi connectivity index (χ3n) is 5.58. The lowest BCUT2D eigenvalue weighted by molar-refractivity contribution is -0.932. The van der Waals surface area contributed by atoms with E-state index < -0.39 is 10.0 Å². The Morgan fingerprint density at radius 2 is 2.04 bits per heavy atom. The summed E-state index contributed by atoms with van der Waals surface area (Å²) in [5, 5.41) is 2.90. The summed E-state index contributed by atoms with van der Waals surface area (Å²) in [6.45, 7) is 2.88. The monoisotopic (exact) mass is 405 g/mol. The van der Waals surface area contributed by atoms with Crippen LogP contribution in [0.1, 0.15) is 31.5 Å². The van der Waals surface area contributed by atoms with E-state index in [1.54, 1.807) is 12.1 Å². The summed E-state index contributed by atoms with van der Waals surface area (Å²) in [6, 6.07) is 10.6. The number of nitrogens with zero attached hydrogens (tertiary/aromatic N) is 2. The fourth-order valence-corrected chi connectivity index (χ4v) is 4.87. The highest BCUT2D eigenvalue weighted by molar-refractivity contribution is 7.89. The van der Waals surface area contributed by atoms with Gasteiger partial charge in [-0.05, 0) is 37.3 Å². The average molecular weight is 406 g/mol. The van der Waals surface area contributed by atoms with Crippen molar-refractivity contribution in [1.29, 1.82) is 0 Å². The van der Waals surface area contributed by atoms with Gasteiger partial charge >= 0.3 is 0 Å². The predicted molar refractivity (Wildman–Crippen MR) is 109 cm³/mol. The van der Waals surface area contributed by atoms with Crippen LogP contribution in [-0.4, -0.2) is 49.9 Å². The van der Waals surface area contributed by atoms with Crippen molar-refractivity contribution in [1.82, 2.24) is 8.87 Å². The lowest BCUT2D eigenvalue weighted by atomic mass is 10.1. The van der Waals surface area contributed by atoms with Crippen molar-refractivity contribution in [2.75, 3.05) is 26.0 Å². The van der Waals surface area contributed by atoms with E-state index in [-0.39, 0.29) is 16.8 Å². The first-order valence-electron chi connectivity index (χ1n) is 9.52. The zero-order valence-electron chi connectivity index (χ0n) is 16.8. The molecular weight excluding hydrogens is 376 g/mol. The van der Waals surface area contributed by atoms with Gasteiger partial charge in [-0.1, -0.05) is 6.07 Å². The molecule has 1 aromatic carbocycles. The highest BCUT2D eigenvalue weighted by Gasteiger charge is 2.38. The highest BCUT2D eigenvalue weighted by atomic mass is 32.2. The fraction of sp³-hybridized carbons (Fsp3) is 0.450. The molecule has 1 amide bonds. The molecule has 3 atom stereocenters. The Balaban J connectivity index is 1.75. The predicted octanol–water partition coefficient (Wildman–Crippen LogP) is 1.02. The molecule has 152 valence electrons. The van der Waals surface area contributed by atoms with Gasteiger partial charge in [0.05, 0.1) is 17.1 Å². The summed E-state index contributed by atoms with van der Waals surface area (Å²) in [4.78, 5) is 14.3. The summed E-state index contributed by atoms with van der Waals surface area (Å²) in [6.07, 6.45) is 4.17. The zero-order valence-corrected chi connectivity index (χ0v) is 17.7. The number of aromatic nitrogens is 1. The average Bonchev–Trinajstić information content (AvgIpc) is 3.29. The number of aryl methyl sites for hydroxylation is 1. The van der Waals surface area contributed by atoms with Crippen LogP contribution in [0, 0.1) is 0 Å². The first kappa shape index (κ1) is 20.6. The summed E-state index contributed by atoms with van der Waals surface area (Å²) in [5.74, 6) is -0.101. The largest absolute Gasteiger partial charge is 0.350 e. The Labute approximate surface area is 167 Å². The number of likely N-dealkylation sites (tertiary alicyclic amines) is 1. The fourth-order valence-electron chi connectivity index (χ4n) is 3.93. The highest BCUT2D eigenvalue weighted by Crippen LogP contribution is 2.21. The van der Waals surface area contributed by atoms with Gasteiger partial charge in [-0.3, -0.25) is 4.79 Å². The van der Waals surface area contributed by atoms with Crippen LogP contribution < -0.4 is 10.2 Å². The third kappa shape index (κ3) is 3.99. The van der Waals surface area contributed by atoms with Gasteiger partial charge in [-0.25, -0.2) is 12.7 Å². The van der Waals surface area contributed by atoms with Crippen LogP contribution >= 0.6 is 0 Å². The number of amides is 1. The number of carbonyl (C=O) groups is 1. The summed E-state index contributed by atoms with van der Waals surface area (Å²) >= 11 is 0. The Kier molecular flexibility index (Phi) is 5.92. The van der Waals surface area contributed by atoms with Crippen molar-refractivity contribution in [3.8, 4) is 0 Å². The van der Waals surface area contributed by atoms with Gasteiger partial charge in [-0.2, -0.15) is 0 Å². The molecule has 0 radical (unpaired) electrons. The molecule has 1 aromatic heterocycles. The van der Waals surface area contributed by atoms with Crippen LogP contribution in [0.25, 0.3) is 0 Å². The van der Waals surface area contributed by atoms with Crippen molar-refractivity contribution in [3.63, 3.8) is 0 Å². The molecule has 0 spiro atoms. The van der Waals surface area contributed by atoms with Gasteiger partial charge in [0.1, 0.15) is 6.04 Å². The molecule has 2 aromatic rings. The summed E-state index contributed by atoms with van der Waals surface area (Å²) in [7, 11) is 1.47. The minimum absolute atomic E-state index is 0.101. The molecule has 0 bridgehead atoms. The molecule has 3 rings (SSSR count). The molecule has 1 saturated heterocycles. The van der Waals surface area contributed by atoms with E-state index >= 15 is 0 Å². The van der Waals surface area contributed by atoms with Gasteiger partial charge in [0.25, 0.3) is 5.91 Å². The molecule has 1 aliphatic heterocycles. The van der Waals surface area contributed by atoms with Crippen LogP contribution in [0.15, 0.2) is 47.5 Å². The van der Waals surface area contributed by atoms with Gasteiger partial charge < -0.3 is 14.8 Å². The zero-order chi connectivity index (χ0) is 20.5. The van der Waals surface area contributed by atoms with E-state index in [1.807, 2.05) is 26.2 Å². The third-order valence-corrected chi connectivity index (χ3v) is 7.39. The number of hydrogen-bond acceptors (Lipinski definition) is 3. The Hall–Kier alpha value is -2.16. The number of hydrogen-bond donors (Lipinski definition) is 2. The van der Waals surface area contributed by atoms with Crippen molar-refractivity contribution in [2.24, 2.45) is 7.05 Å². The molecule has 2 N–H and O–H groups in total. The molecule has 2 heterocycles. The molecule has 28 heavy (non-hydrogen) atoms. The van der Waals surface area contributed by atoms with Crippen molar-refractivity contribution in [2.45, 2.75) is 36.7 Å². The number of quaternary nitrogens is 1. The van der Waals surface area contributed by atoms with Gasteiger partial charge in [0.2, 0.25) is 10.0 Å².